The summed E-state index contributed by atoms with van der Waals surface area (Å²) >= 11 is 1.59. The lowest BCUT2D eigenvalue weighted by Crippen LogP contribution is -2.30. The fourth-order valence-corrected chi connectivity index (χ4v) is 12.0. The Morgan fingerprint density at radius 2 is 0.620 bits per heavy atom. The Bertz CT molecular complexity index is 5150. The van der Waals surface area contributed by atoms with Gasteiger partial charge in [0.05, 0.1) is 76.9 Å². The Balaban J connectivity index is 0.000000492. The Hall–Kier alpha value is -13.2. The van der Waals surface area contributed by atoms with Gasteiger partial charge >= 0.3 is 53.7 Å². The van der Waals surface area contributed by atoms with Gasteiger partial charge in [-0.2, -0.15) is 0 Å². The summed E-state index contributed by atoms with van der Waals surface area (Å²) in [6.07, 6.45) is 5.32. The molecule has 9 aromatic carbocycles. The van der Waals surface area contributed by atoms with Gasteiger partial charge < -0.3 is 88.6 Å². The first-order valence-corrected chi connectivity index (χ1v) is 42.4. The molecule has 0 aromatic heterocycles. The third-order valence-electron chi connectivity index (χ3n) is 17.2. The highest BCUT2D eigenvalue weighted by molar-refractivity contribution is 8.00. The number of aromatic carboxylic acids is 9. The number of halogens is 2. The molecule has 0 bridgehead atoms. The van der Waals surface area contributed by atoms with E-state index in [1.54, 1.807) is 141 Å². The molecule has 129 heavy (non-hydrogen) atoms. The molecule has 1 aliphatic heterocycles. The van der Waals surface area contributed by atoms with Crippen LogP contribution in [0, 0.1) is 79.9 Å². The van der Waals surface area contributed by atoms with E-state index in [-0.39, 0.29) is 56.5 Å². The van der Waals surface area contributed by atoms with Crippen molar-refractivity contribution in [3.05, 3.63) is 263 Å². The lowest BCUT2D eigenvalue weighted by molar-refractivity contribution is 0.0454. The molecule has 30 heteroatoms. The first-order valence-electron chi connectivity index (χ1n) is 41.5. The standard InChI is InChI=1S/C12H15FO3.2C12H16O3.C11H13FO3.C11H12O3S.2C11H14O3.C10H12O3.C9H10O3/c1-3-4-5-16-10-7-8(2)6-9(13)11(10)12(14)15;1-8(2)7-15-11-6-9(3)4-5-10(11)12(13)14;1-3-4-7-15-11-8-9(2)5-6-10(11)12(13)14;1-3-4-15-9-6-7(2)5-8(12)10(9)11(13)14;1-7-2-3-9(11(12)13)10(4-7)15-8-5-14-6-8;1-7(2)14-10-6-8(3)4-5-9(10)11(12)13;1-3-6-14-10-7-8(2)4-5-9(10)11(12)13;1-3-13-9-6-7(2)4-5-8(9)10(11)12;1-6-3-4-7(9(10)11)8(5-6)12-2/h6-7H,3-5H2,1-2H3,(H,14,15);4-6,8H,7H2,1-3H3,(H,13,14);5-6,8H,3-4,7H2,1-2H3,(H,13,14);5-6H,3-4H2,1-2H3,(H,13,14);2-4,8H,5-6H2,1H3,(H,12,13);4-7H,1-3H3,(H,12,13);4-5,7H,3,6H2,1-2H3,(H,12,13);4-6H,3H2,1-2H3,(H,11,12);3-5H,1-2H3,(H,10,11). The largest absolute Gasteiger partial charge is 0.496 e. The van der Waals surface area contributed by atoms with Gasteiger partial charge in [-0.05, 0) is 274 Å². The van der Waals surface area contributed by atoms with E-state index in [1.807, 2.05) is 116 Å². The smallest absolute Gasteiger partial charge is 0.342 e. The highest BCUT2D eigenvalue weighted by Crippen LogP contribution is 2.33. The number of thioether (sulfide) groups is 1. The third kappa shape index (κ3) is 41.4. The summed E-state index contributed by atoms with van der Waals surface area (Å²) in [4.78, 5) is 98.3. The van der Waals surface area contributed by atoms with Gasteiger partial charge in [0.2, 0.25) is 0 Å². The molecule has 0 spiro atoms. The van der Waals surface area contributed by atoms with E-state index >= 15 is 0 Å². The van der Waals surface area contributed by atoms with Crippen LogP contribution in [-0.4, -0.2) is 171 Å². The van der Waals surface area contributed by atoms with Crippen LogP contribution in [0.25, 0.3) is 0 Å². The molecule has 1 heterocycles. The molecule has 0 aliphatic carbocycles. The van der Waals surface area contributed by atoms with E-state index in [1.165, 1.54) is 31.4 Å². The van der Waals surface area contributed by atoms with Crippen LogP contribution in [-0.2, 0) is 4.74 Å². The molecule has 0 radical (unpaired) electrons. The number of rotatable bonds is 33. The van der Waals surface area contributed by atoms with Crippen molar-refractivity contribution in [2.24, 2.45) is 5.92 Å². The highest BCUT2D eigenvalue weighted by atomic mass is 32.2. The predicted octanol–water partition coefficient (Wildman–Crippen LogP) is 22.2. The lowest BCUT2D eigenvalue weighted by atomic mass is 10.1. The van der Waals surface area contributed by atoms with Crippen molar-refractivity contribution >= 4 is 65.5 Å². The summed E-state index contributed by atoms with van der Waals surface area (Å²) in [5.41, 5.74) is 9.26. The highest BCUT2D eigenvalue weighted by Gasteiger charge is 2.24. The minimum Gasteiger partial charge on any atom is -0.496 e. The first-order chi connectivity index (χ1) is 60.9. The lowest BCUT2D eigenvalue weighted by Gasteiger charge is -2.25. The van der Waals surface area contributed by atoms with Crippen molar-refractivity contribution in [2.45, 2.75) is 179 Å². The van der Waals surface area contributed by atoms with Crippen LogP contribution in [0.4, 0.5) is 8.78 Å². The zero-order valence-corrected chi connectivity index (χ0v) is 77.4. The SMILES string of the molecule is CCCCOc1cc(C)cc(F)c1C(=O)O.CCCCOc1cc(C)ccc1C(=O)O.CCCOc1cc(C)cc(F)c1C(=O)O.CCCOc1cc(C)ccc1C(=O)O.CCOc1cc(C)ccc1C(=O)O.COc1cc(C)ccc1C(=O)O.Cc1ccc(C(=O)O)c(OC(C)C)c1.Cc1ccc(C(=O)O)c(OCC(C)C)c1.Cc1ccc(C(=O)O)c(SC2COC2)c1. The van der Waals surface area contributed by atoms with Crippen LogP contribution < -0.4 is 37.9 Å². The van der Waals surface area contributed by atoms with Gasteiger partial charge in [-0.1, -0.05) is 96.8 Å². The van der Waals surface area contributed by atoms with E-state index in [2.05, 4.69) is 6.92 Å². The Morgan fingerprint density at radius 1 is 0.341 bits per heavy atom. The molecule has 1 fully saturated rings. The van der Waals surface area contributed by atoms with Crippen LogP contribution >= 0.6 is 11.8 Å². The molecule has 9 N–H and O–H groups in total. The van der Waals surface area contributed by atoms with Crippen molar-refractivity contribution in [1.29, 1.82) is 0 Å². The number of carbonyl (C=O) groups is 9. The van der Waals surface area contributed by atoms with E-state index in [0.29, 0.717) is 102 Å². The number of ether oxygens (including phenoxy) is 9. The molecular formula is C99H122F2O27S. The van der Waals surface area contributed by atoms with Gasteiger partial charge in [0, 0.05) is 4.90 Å². The maximum atomic E-state index is 13.4. The molecule has 9 aromatic rings. The molecular weight excluding hydrogens is 1690 g/mol. The zero-order chi connectivity index (χ0) is 97.3. The molecule has 0 atom stereocenters. The normalized spacial score (nSPS) is 10.7. The van der Waals surface area contributed by atoms with Gasteiger partial charge in [0.25, 0.3) is 0 Å². The number of aryl methyl sites for hydroxylation is 9. The Labute approximate surface area is 756 Å². The second kappa shape index (κ2) is 58.9. The second-order valence-electron chi connectivity index (χ2n) is 29.9. The van der Waals surface area contributed by atoms with E-state index in [4.69, 9.17) is 88.6 Å². The number of carboxylic acid groups (broad SMARTS) is 9. The van der Waals surface area contributed by atoms with Crippen molar-refractivity contribution < 1.29 is 141 Å². The van der Waals surface area contributed by atoms with Crippen LogP contribution in [0.15, 0.2) is 157 Å². The minimum atomic E-state index is -1.31. The molecule has 27 nitrogen and oxygen atoms in total. The molecule has 0 amide bonds. The van der Waals surface area contributed by atoms with Crippen LogP contribution in [0.3, 0.4) is 0 Å². The van der Waals surface area contributed by atoms with Gasteiger partial charge in [-0.3, -0.25) is 0 Å². The minimum absolute atomic E-state index is 0.0186. The number of unbranched alkanes of at least 4 members (excludes halogenated alkanes) is 2. The summed E-state index contributed by atoms with van der Waals surface area (Å²) in [5, 5.41) is 80.3. The van der Waals surface area contributed by atoms with Gasteiger partial charge in [-0.15, -0.1) is 11.8 Å². The number of hydrogen-bond donors (Lipinski definition) is 9. The quantitative estimate of drug-likeness (QED) is 0.0172. The summed E-state index contributed by atoms with van der Waals surface area (Å²) in [5.74, 6) is -7.45. The number of methoxy groups -OCH3 is 1. The monoisotopic (exact) mass is 1810 g/mol. The fraction of sp³-hybridized carbons (Fsp3) is 0.364. The molecule has 0 saturated carbocycles. The summed E-state index contributed by atoms with van der Waals surface area (Å²) in [6, 6.07) is 41.3. The average molecular weight is 1810 g/mol. The van der Waals surface area contributed by atoms with Crippen LogP contribution in [0.5, 0.6) is 46.0 Å². The summed E-state index contributed by atoms with van der Waals surface area (Å²) in [6.45, 7) is 38.7. The van der Waals surface area contributed by atoms with Crippen LogP contribution in [0.2, 0.25) is 0 Å². The molecule has 10 rings (SSSR count). The average Bonchev–Trinajstić information content (AvgIpc) is 0.827. The van der Waals surface area contributed by atoms with Crippen molar-refractivity contribution in [1.82, 2.24) is 0 Å². The predicted molar refractivity (Wildman–Crippen MR) is 490 cm³/mol. The third-order valence-corrected chi connectivity index (χ3v) is 18.4. The maximum absolute atomic E-state index is 13.4. The van der Waals surface area contributed by atoms with Crippen molar-refractivity contribution in [2.75, 3.05) is 60.0 Å². The van der Waals surface area contributed by atoms with Crippen molar-refractivity contribution in [3.63, 3.8) is 0 Å². The Morgan fingerprint density at radius 3 is 0.915 bits per heavy atom. The number of hydrogen-bond acceptors (Lipinski definition) is 19. The zero-order valence-electron chi connectivity index (χ0n) is 76.6. The molecule has 1 saturated heterocycles. The summed E-state index contributed by atoms with van der Waals surface area (Å²) < 4.78 is 74.0. The van der Waals surface area contributed by atoms with Gasteiger partial charge in [0.1, 0.15) is 102 Å². The van der Waals surface area contributed by atoms with Crippen LogP contribution in [0.1, 0.15) is 244 Å². The molecule has 1 aliphatic rings. The van der Waals surface area contributed by atoms with E-state index in [9.17, 15) is 51.9 Å². The van der Waals surface area contributed by atoms with Gasteiger partial charge in [0.15, 0.2) is 0 Å². The maximum Gasteiger partial charge on any atom is 0.342 e. The van der Waals surface area contributed by atoms with Crippen molar-refractivity contribution in [3.8, 4) is 46.0 Å². The summed E-state index contributed by atoms with van der Waals surface area (Å²) in [7, 11) is 1.46. The second-order valence-corrected chi connectivity index (χ2v) is 31.2. The van der Waals surface area contributed by atoms with E-state index < -0.39 is 70.9 Å². The molecule has 700 valence electrons. The first kappa shape index (κ1) is 112. The number of carboxylic acids is 9. The molecule has 0 unspecified atom stereocenters. The topological polar surface area (TPSA) is 419 Å². The fourth-order valence-electron chi connectivity index (χ4n) is 10.8. The number of benzene rings is 9. The Kier molecular flexibility index (Phi) is 51.1. The van der Waals surface area contributed by atoms with Gasteiger partial charge in [-0.25, -0.2) is 51.9 Å². The van der Waals surface area contributed by atoms with E-state index in [0.717, 1.165) is 95.6 Å².